The van der Waals surface area contributed by atoms with Crippen LogP contribution in [-0.4, -0.2) is 46.6 Å². The molecule has 7 N–H and O–H groups in total. The van der Waals surface area contributed by atoms with Gasteiger partial charge in [0.25, 0.3) is 17.7 Å². The molecule has 1 atom stereocenters. The highest BCUT2D eigenvalue weighted by atomic mass is 16.5. The number of primary amides is 1. The smallest absolute Gasteiger partial charge is 0.262 e. The summed E-state index contributed by atoms with van der Waals surface area (Å²) in [6.07, 6.45) is 6.67. The molecule has 0 fully saturated rings. The molecule has 0 spiro atoms. The zero-order chi connectivity index (χ0) is 45.5. The lowest BCUT2D eigenvalue weighted by Crippen LogP contribution is -2.26. The normalized spacial score (nSPS) is 12.4. The molecule has 0 saturated heterocycles. The highest BCUT2D eigenvalue weighted by molar-refractivity contribution is 6.08. The van der Waals surface area contributed by atoms with Gasteiger partial charge >= 0.3 is 0 Å². The van der Waals surface area contributed by atoms with Gasteiger partial charge in [-0.25, -0.2) is 0 Å². The lowest BCUT2D eigenvalue weighted by molar-refractivity contribution is -0.118. The third kappa shape index (κ3) is 10.4. The van der Waals surface area contributed by atoms with Crippen molar-refractivity contribution in [3.05, 3.63) is 166 Å². The molecule has 0 saturated carbocycles. The Morgan fingerprint density at radius 2 is 1.60 bits per heavy atom. The van der Waals surface area contributed by atoms with Crippen molar-refractivity contribution in [1.29, 1.82) is 0 Å². The number of hydrogen-bond acceptors (Lipinski definition) is 9. The second kappa shape index (κ2) is 19.8. The summed E-state index contributed by atoms with van der Waals surface area (Å²) in [6, 6.07) is 38.6. The fourth-order valence-electron chi connectivity index (χ4n) is 8.31. The minimum Gasteiger partial charge on any atom is -0.506 e. The van der Waals surface area contributed by atoms with Gasteiger partial charge < -0.3 is 41.4 Å². The molecule has 0 unspecified atom stereocenters. The summed E-state index contributed by atoms with van der Waals surface area (Å²) in [4.78, 5) is 42.3. The van der Waals surface area contributed by atoms with Crippen molar-refractivity contribution >= 4 is 51.4 Å². The SMILES string of the molecule is COc1cccc(Nc2c(C(N)=O)cnc3c(C)cc(Cc4cccc(C(=O)Nc5ccc(-c6ccc(CCCCCC[C@H](O)c7ccc(O)c8c7OCC(=O)N8)cc6)cc5)c4)cc23)c1. The lowest BCUT2D eigenvalue weighted by atomic mass is 9.97. The van der Waals surface area contributed by atoms with E-state index in [1.54, 1.807) is 19.2 Å². The maximum atomic E-state index is 13.5. The van der Waals surface area contributed by atoms with Gasteiger partial charge in [0.2, 0.25) is 0 Å². The number of carbonyl (C=O) groups excluding carboxylic acids is 3. The summed E-state index contributed by atoms with van der Waals surface area (Å²) < 4.78 is 10.9. The molecule has 1 aliphatic rings. The number of nitrogens with zero attached hydrogens (tertiary/aromatic N) is 1. The predicted molar refractivity (Wildman–Crippen MR) is 254 cm³/mol. The molecule has 12 nitrogen and oxygen atoms in total. The number of benzene rings is 6. The summed E-state index contributed by atoms with van der Waals surface area (Å²) in [5, 5.41) is 30.7. The Bertz CT molecular complexity index is 2880. The molecule has 8 rings (SSSR count). The fraction of sp³-hybridized carbons (Fsp3) is 0.208. The first-order valence-corrected chi connectivity index (χ1v) is 21.7. The Labute approximate surface area is 377 Å². The number of aromatic nitrogens is 1. The maximum Gasteiger partial charge on any atom is 0.262 e. The summed E-state index contributed by atoms with van der Waals surface area (Å²) >= 11 is 0. The third-order valence-electron chi connectivity index (χ3n) is 11.7. The zero-order valence-corrected chi connectivity index (χ0v) is 36.3. The number of unbranched alkanes of at least 4 members (excludes halogenated alkanes) is 3. The molecule has 1 aliphatic heterocycles. The molecular weight excluding hydrogens is 819 g/mol. The predicted octanol–water partition coefficient (Wildman–Crippen LogP) is 10.2. The number of rotatable bonds is 17. The van der Waals surface area contributed by atoms with Crippen LogP contribution in [-0.2, 0) is 17.6 Å². The van der Waals surface area contributed by atoms with Crippen LogP contribution in [0.5, 0.6) is 17.2 Å². The van der Waals surface area contributed by atoms with E-state index in [9.17, 15) is 24.6 Å². The van der Waals surface area contributed by atoms with Crippen LogP contribution >= 0.6 is 0 Å². The summed E-state index contributed by atoms with van der Waals surface area (Å²) in [7, 11) is 1.60. The molecule has 0 bridgehead atoms. The lowest BCUT2D eigenvalue weighted by Gasteiger charge is -2.23. The van der Waals surface area contributed by atoms with Crippen LogP contribution < -0.4 is 31.2 Å². The first kappa shape index (κ1) is 43.9. The molecule has 12 heteroatoms. The Morgan fingerprint density at radius 1 is 0.846 bits per heavy atom. The van der Waals surface area contributed by atoms with Gasteiger partial charge in [-0.15, -0.1) is 0 Å². The number of ether oxygens (including phenoxy) is 2. The molecular formula is C53H51N5O7. The first-order chi connectivity index (χ1) is 31.5. The van der Waals surface area contributed by atoms with Crippen LogP contribution in [0.15, 0.2) is 128 Å². The van der Waals surface area contributed by atoms with E-state index in [-0.39, 0.29) is 35.4 Å². The van der Waals surface area contributed by atoms with E-state index in [0.29, 0.717) is 46.8 Å². The van der Waals surface area contributed by atoms with Crippen LogP contribution in [0.3, 0.4) is 0 Å². The van der Waals surface area contributed by atoms with Crippen molar-refractivity contribution < 1.29 is 34.1 Å². The number of anilines is 4. The average molecular weight is 870 g/mol. The number of fused-ring (bicyclic) bond motifs is 2. The standard InChI is InChI=1S/C53H51N5O7/c1-32-25-35(28-43-48(32)55-30-44(52(54)62)49(43)56-40-12-8-13-41(29-40)64-2)26-34-10-7-11-38(27-34)53(63)57-39-21-19-37(20-22-39)36-17-15-33(16-18-36)9-5-3-4-6-14-45(59)42-23-24-46(60)50-51(42)65-31-47(61)58-50/h7-8,10-13,15-25,27-30,45,59-60H,3-6,9,14,26,31H2,1-2H3,(H2,54,62)(H,55,56)(H,57,63)(H,58,61)/t45-/m0/s1. The number of aliphatic hydroxyl groups excluding tert-OH is 1. The summed E-state index contributed by atoms with van der Waals surface area (Å²) in [6.45, 7) is 1.84. The first-order valence-electron chi connectivity index (χ1n) is 21.7. The van der Waals surface area contributed by atoms with Gasteiger partial charge in [-0.3, -0.25) is 19.4 Å². The number of aromatic hydroxyl groups is 1. The van der Waals surface area contributed by atoms with E-state index in [2.05, 4.69) is 51.3 Å². The van der Waals surface area contributed by atoms with Crippen LogP contribution in [0.4, 0.5) is 22.7 Å². The van der Waals surface area contributed by atoms with E-state index in [0.717, 1.165) is 76.5 Å². The van der Waals surface area contributed by atoms with Crippen LogP contribution in [0.25, 0.3) is 22.0 Å². The van der Waals surface area contributed by atoms with E-state index in [4.69, 9.17) is 15.2 Å². The van der Waals surface area contributed by atoms with Crippen molar-refractivity contribution in [2.45, 2.75) is 58.0 Å². The Morgan fingerprint density at radius 3 is 2.37 bits per heavy atom. The average Bonchev–Trinajstić information content (AvgIpc) is 3.31. The highest BCUT2D eigenvalue weighted by Crippen LogP contribution is 2.42. The van der Waals surface area contributed by atoms with Gasteiger partial charge in [-0.1, -0.05) is 79.9 Å². The summed E-state index contributed by atoms with van der Waals surface area (Å²) in [5.74, 6) is -0.217. The van der Waals surface area contributed by atoms with Gasteiger partial charge in [0, 0.05) is 40.2 Å². The van der Waals surface area contributed by atoms with E-state index in [1.165, 1.54) is 17.8 Å². The largest absolute Gasteiger partial charge is 0.506 e. The second-order valence-corrected chi connectivity index (χ2v) is 16.4. The number of aliphatic hydroxyl groups is 1. The van der Waals surface area contributed by atoms with Crippen molar-refractivity contribution in [1.82, 2.24) is 4.98 Å². The molecule has 7 aromatic rings. The minimum atomic E-state index is -0.751. The van der Waals surface area contributed by atoms with E-state index >= 15 is 0 Å². The number of methoxy groups -OCH3 is 1. The molecule has 1 aromatic heterocycles. The van der Waals surface area contributed by atoms with Crippen molar-refractivity contribution in [3.63, 3.8) is 0 Å². The minimum absolute atomic E-state index is 0.0838. The molecule has 3 amide bonds. The molecule has 330 valence electrons. The number of aryl methyl sites for hydroxylation is 2. The third-order valence-corrected chi connectivity index (χ3v) is 11.7. The zero-order valence-electron chi connectivity index (χ0n) is 36.3. The van der Waals surface area contributed by atoms with Crippen molar-refractivity contribution in [3.8, 4) is 28.4 Å². The number of carbonyl (C=O) groups is 3. The van der Waals surface area contributed by atoms with Gasteiger partial charge in [0.05, 0.1) is 30.0 Å². The van der Waals surface area contributed by atoms with Gasteiger partial charge in [-0.2, -0.15) is 0 Å². The van der Waals surface area contributed by atoms with Crippen molar-refractivity contribution in [2.24, 2.45) is 5.73 Å². The molecule has 0 radical (unpaired) electrons. The second-order valence-electron chi connectivity index (χ2n) is 16.4. The number of amides is 3. The monoisotopic (exact) mass is 869 g/mol. The van der Waals surface area contributed by atoms with E-state index < -0.39 is 12.0 Å². The van der Waals surface area contributed by atoms with Gasteiger partial charge in [0.15, 0.2) is 12.4 Å². The van der Waals surface area contributed by atoms with Gasteiger partial charge in [0.1, 0.15) is 17.2 Å². The topological polar surface area (TPSA) is 185 Å². The quantitative estimate of drug-likeness (QED) is 0.0383. The Hall–Kier alpha value is -7.70. The van der Waals surface area contributed by atoms with Crippen molar-refractivity contribution in [2.75, 3.05) is 29.7 Å². The molecule has 0 aliphatic carbocycles. The highest BCUT2D eigenvalue weighted by Gasteiger charge is 2.25. The molecule has 6 aromatic carbocycles. The van der Waals surface area contributed by atoms with Crippen LogP contribution in [0.2, 0.25) is 0 Å². The molecule has 65 heavy (non-hydrogen) atoms. The van der Waals surface area contributed by atoms with Crippen LogP contribution in [0, 0.1) is 6.92 Å². The number of hydrogen-bond donors (Lipinski definition) is 6. The maximum absolute atomic E-state index is 13.5. The number of nitrogens with two attached hydrogens (primary N) is 1. The summed E-state index contributed by atoms with van der Waals surface area (Å²) in [5.41, 5.74) is 16.4. The van der Waals surface area contributed by atoms with Gasteiger partial charge in [-0.05, 0) is 121 Å². The molecule has 2 heterocycles. The van der Waals surface area contributed by atoms with Crippen LogP contribution in [0.1, 0.15) is 86.7 Å². The Balaban J connectivity index is 0.837. The van der Waals surface area contributed by atoms with E-state index in [1.807, 2.05) is 79.7 Å². The number of phenols is 1. The fourth-order valence-corrected chi connectivity index (χ4v) is 8.31. The Kier molecular flexibility index (Phi) is 13.4. The number of pyridine rings is 1. The number of nitrogens with one attached hydrogen (secondary N) is 3. The number of phenolic OH excluding ortho intramolecular Hbond substituents is 1.